The van der Waals surface area contributed by atoms with Gasteiger partial charge in [-0.05, 0) is 30.3 Å². The van der Waals surface area contributed by atoms with E-state index in [0.29, 0.717) is 21.8 Å². The highest BCUT2D eigenvalue weighted by Gasteiger charge is 2.08. The van der Waals surface area contributed by atoms with Crippen LogP contribution in [0.3, 0.4) is 0 Å². The van der Waals surface area contributed by atoms with E-state index in [1.54, 1.807) is 6.20 Å². The molecule has 6 nitrogen and oxygen atoms in total. The number of hydrogen-bond donors (Lipinski definition) is 2. The van der Waals surface area contributed by atoms with Gasteiger partial charge < -0.3 is 11.5 Å². The summed E-state index contributed by atoms with van der Waals surface area (Å²) in [5, 5.41) is 1.28. The summed E-state index contributed by atoms with van der Waals surface area (Å²) in [5.41, 5.74) is 12.0. The molecule has 0 aliphatic heterocycles. The number of nitrogens with two attached hydrogens (primary N) is 2. The van der Waals surface area contributed by atoms with Crippen LogP contribution in [0.2, 0.25) is 5.28 Å². The maximum atomic E-state index is 5.72. The van der Waals surface area contributed by atoms with E-state index in [-0.39, 0.29) is 5.28 Å². The summed E-state index contributed by atoms with van der Waals surface area (Å²) in [4.78, 5) is 16.0. The molecule has 0 spiro atoms. The predicted octanol–water partition coefficient (Wildman–Crippen LogP) is 1.54. The Balaban J connectivity index is 2.34. The monoisotopic (exact) mass is 268 g/mol. The normalized spacial score (nSPS) is 10.5. The molecule has 0 fully saturated rings. The van der Waals surface area contributed by atoms with Crippen LogP contribution in [0.1, 0.15) is 5.56 Å². The van der Waals surface area contributed by atoms with Crippen molar-refractivity contribution in [3.63, 3.8) is 0 Å². The molecule has 0 atom stereocenters. The van der Waals surface area contributed by atoms with Crippen molar-refractivity contribution in [2.24, 2.45) is 0 Å². The Hall–Kier alpha value is -1.60. The predicted molar refractivity (Wildman–Crippen MR) is 66.8 cm³/mol. The summed E-state index contributed by atoms with van der Waals surface area (Å²) in [7, 11) is 0. The number of aromatic nitrogens is 4. The van der Waals surface area contributed by atoms with Gasteiger partial charge in [0.1, 0.15) is 16.7 Å². The fourth-order valence-corrected chi connectivity index (χ4v) is 2.11. The first-order valence-electron chi connectivity index (χ1n) is 4.61. The van der Waals surface area contributed by atoms with Gasteiger partial charge in [0.05, 0.1) is 0 Å². The molecule has 88 valence electrons. The Morgan fingerprint density at radius 3 is 2.47 bits per heavy atom. The molecule has 8 heteroatoms. The molecule has 0 amide bonds. The molecule has 2 heterocycles. The molecule has 2 rings (SSSR count). The minimum Gasteiger partial charge on any atom is -0.383 e. The van der Waals surface area contributed by atoms with Gasteiger partial charge in [-0.3, -0.25) is 0 Å². The molecule has 0 aliphatic rings. The first kappa shape index (κ1) is 11.9. The van der Waals surface area contributed by atoms with E-state index >= 15 is 0 Å². The third-order valence-electron chi connectivity index (χ3n) is 1.83. The fourth-order valence-electron chi connectivity index (χ4n) is 1.10. The Kier molecular flexibility index (Phi) is 3.30. The fraction of sp³-hybridized carbons (Fsp3) is 0.111. The smallest absolute Gasteiger partial charge is 0.223 e. The van der Waals surface area contributed by atoms with E-state index in [9.17, 15) is 0 Å². The minimum atomic E-state index is 0.176. The molecule has 0 aromatic carbocycles. The van der Waals surface area contributed by atoms with E-state index in [1.165, 1.54) is 17.8 Å². The van der Waals surface area contributed by atoms with Gasteiger partial charge >= 0.3 is 0 Å². The first-order valence-corrected chi connectivity index (χ1v) is 5.81. The van der Waals surface area contributed by atoms with Gasteiger partial charge in [-0.2, -0.15) is 0 Å². The van der Waals surface area contributed by atoms with Crippen LogP contribution in [0.15, 0.2) is 22.4 Å². The van der Waals surface area contributed by atoms with Crippen LogP contribution in [0, 0.1) is 6.92 Å². The van der Waals surface area contributed by atoms with E-state index in [1.807, 2.05) is 6.92 Å². The van der Waals surface area contributed by atoms with Gasteiger partial charge in [0, 0.05) is 17.8 Å². The second kappa shape index (κ2) is 4.72. The van der Waals surface area contributed by atoms with E-state index < -0.39 is 0 Å². The number of rotatable bonds is 2. The van der Waals surface area contributed by atoms with E-state index in [4.69, 9.17) is 23.1 Å². The molecule has 0 bridgehead atoms. The highest BCUT2D eigenvalue weighted by molar-refractivity contribution is 7.99. The molecule has 0 saturated heterocycles. The summed E-state index contributed by atoms with van der Waals surface area (Å²) in [6.07, 6.45) is 1.63. The van der Waals surface area contributed by atoms with Gasteiger partial charge in [0.25, 0.3) is 0 Å². The zero-order valence-corrected chi connectivity index (χ0v) is 10.5. The molecule has 0 aliphatic carbocycles. The Bertz CT molecular complexity index is 541. The number of nitrogen functional groups attached to an aromatic ring is 2. The average Bonchev–Trinajstić information content (AvgIpc) is 2.22. The van der Waals surface area contributed by atoms with Crippen LogP contribution in [0.5, 0.6) is 0 Å². The lowest BCUT2D eigenvalue weighted by atomic mass is 10.4. The summed E-state index contributed by atoms with van der Waals surface area (Å²) >= 11 is 6.96. The molecule has 0 radical (unpaired) electrons. The molecule has 4 N–H and O–H groups in total. The van der Waals surface area contributed by atoms with Crippen molar-refractivity contribution in [2.45, 2.75) is 17.1 Å². The van der Waals surface area contributed by atoms with Crippen LogP contribution < -0.4 is 11.5 Å². The molecular formula is C9H9ClN6S. The molecule has 2 aromatic rings. The third-order valence-corrected chi connectivity index (χ3v) is 2.98. The standard InChI is InChI=1S/C9H9ClN6S/c1-4-3-13-8(10)16-7(4)17-9-14-5(11)2-6(12)15-9/h2-3H,1H3,(H4,11,12,14,15). The Morgan fingerprint density at radius 2 is 1.82 bits per heavy atom. The first-order chi connectivity index (χ1) is 8.04. The van der Waals surface area contributed by atoms with Gasteiger partial charge in [-0.1, -0.05) is 0 Å². The third kappa shape index (κ3) is 2.95. The zero-order valence-electron chi connectivity index (χ0n) is 8.88. The highest BCUT2D eigenvalue weighted by Crippen LogP contribution is 2.27. The van der Waals surface area contributed by atoms with Crippen LogP contribution in [-0.2, 0) is 0 Å². The van der Waals surface area contributed by atoms with Crippen LogP contribution in [-0.4, -0.2) is 19.9 Å². The van der Waals surface area contributed by atoms with Crippen molar-refractivity contribution in [2.75, 3.05) is 11.5 Å². The van der Waals surface area contributed by atoms with Crippen LogP contribution >= 0.6 is 23.4 Å². The maximum Gasteiger partial charge on any atom is 0.223 e. The largest absolute Gasteiger partial charge is 0.383 e. The zero-order chi connectivity index (χ0) is 12.4. The topological polar surface area (TPSA) is 104 Å². The number of halogens is 1. The molecule has 2 aromatic heterocycles. The number of anilines is 2. The van der Waals surface area contributed by atoms with Gasteiger partial charge in [0.15, 0.2) is 5.16 Å². The van der Waals surface area contributed by atoms with E-state index in [2.05, 4.69) is 19.9 Å². The molecule has 0 saturated carbocycles. The lowest BCUT2D eigenvalue weighted by Crippen LogP contribution is -2.00. The second-order valence-electron chi connectivity index (χ2n) is 3.23. The van der Waals surface area contributed by atoms with Crippen molar-refractivity contribution >= 4 is 35.0 Å². The van der Waals surface area contributed by atoms with Crippen LogP contribution in [0.25, 0.3) is 0 Å². The van der Waals surface area contributed by atoms with Crippen molar-refractivity contribution in [1.82, 2.24) is 19.9 Å². The minimum absolute atomic E-state index is 0.176. The van der Waals surface area contributed by atoms with Crippen molar-refractivity contribution < 1.29 is 0 Å². The number of nitrogens with zero attached hydrogens (tertiary/aromatic N) is 4. The molecular weight excluding hydrogens is 260 g/mol. The second-order valence-corrected chi connectivity index (χ2v) is 4.52. The lowest BCUT2D eigenvalue weighted by molar-refractivity contribution is 0.958. The average molecular weight is 269 g/mol. The summed E-state index contributed by atoms with van der Waals surface area (Å²) in [5.74, 6) is 0.635. The lowest BCUT2D eigenvalue weighted by Gasteiger charge is -2.04. The van der Waals surface area contributed by atoms with E-state index in [0.717, 1.165) is 5.56 Å². The van der Waals surface area contributed by atoms with Gasteiger partial charge in [0.2, 0.25) is 5.28 Å². The number of aryl methyl sites for hydroxylation is 1. The Labute approximate surface area is 107 Å². The summed E-state index contributed by atoms with van der Waals surface area (Å²) in [6, 6.07) is 1.49. The van der Waals surface area contributed by atoms with Crippen molar-refractivity contribution in [1.29, 1.82) is 0 Å². The molecule has 17 heavy (non-hydrogen) atoms. The summed E-state index contributed by atoms with van der Waals surface area (Å²) in [6.45, 7) is 1.87. The van der Waals surface area contributed by atoms with Crippen molar-refractivity contribution in [3.8, 4) is 0 Å². The molecule has 0 unspecified atom stereocenters. The number of hydrogen-bond acceptors (Lipinski definition) is 7. The maximum absolute atomic E-state index is 5.72. The SMILES string of the molecule is Cc1cnc(Cl)nc1Sc1nc(N)cc(N)n1. The van der Waals surface area contributed by atoms with Gasteiger partial charge in [-0.15, -0.1) is 0 Å². The summed E-state index contributed by atoms with van der Waals surface area (Å²) < 4.78 is 0. The Morgan fingerprint density at radius 1 is 1.18 bits per heavy atom. The van der Waals surface area contributed by atoms with Crippen LogP contribution in [0.4, 0.5) is 11.6 Å². The van der Waals surface area contributed by atoms with Gasteiger partial charge in [-0.25, -0.2) is 19.9 Å². The van der Waals surface area contributed by atoms with Crippen molar-refractivity contribution in [3.05, 3.63) is 23.1 Å². The quantitative estimate of drug-likeness (QED) is 0.629. The highest BCUT2D eigenvalue weighted by atomic mass is 35.5.